The van der Waals surface area contributed by atoms with Crippen LogP contribution in [0.15, 0.2) is 63.8 Å². The summed E-state index contributed by atoms with van der Waals surface area (Å²) in [5.41, 5.74) is 2.77. The van der Waals surface area contributed by atoms with Gasteiger partial charge in [-0.1, -0.05) is 18.2 Å². The Kier molecular flexibility index (Phi) is 2.32. The van der Waals surface area contributed by atoms with Crippen LogP contribution in [-0.2, 0) is 6.42 Å². The number of benzene rings is 2. The van der Waals surface area contributed by atoms with Gasteiger partial charge in [-0.2, -0.15) is 0 Å². The maximum atomic E-state index is 11.5. The van der Waals surface area contributed by atoms with Crippen LogP contribution in [-0.4, -0.2) is 5.72 Å². The summed E-state index contributed by atoms with van der Waals surface area (Å²) in [5, 5.41) is 4.33. The van der Waals surface area contributed by atoms with Gasteiger partial charge in [0.1, 0.15) is 11.3 Å². The molecule has 0 aliphatic carbocycles. The van der Waals surface area contributed by atoms with E-state index >= 15 is 0 Å². The molecule has 0 saturated heterocycles. The third-order valence-corrected chi connectivity index (χ3v) is 4.42. The molecule has 0 amide bonds. The molecular weight excluding hydrogens is 290 g/mol. The molecule has 1 atom stereocenters. The van der Waals surface area contributed by atoms with Gasteiger partial charge in [-0.25, -0.2) is 4.79 Å². The lowest BCUT2D eigenvalue weighted by molar-refractivity contribution is 0.155. The van der Waals surface area contributed by atoms with Gasteiger partial charge in [0.15, 0.2) is 0 Å². The monoisotopic (exact) mass is 303 g/mol. The largest absolute Gasteiger partial charge is 0.463 e. The van der Waals surface area contributed by atoms with Gasteiger partial charge in [-0.3, -0.25) is 0 Å². The highest BCUT2D eigenvalue weighted by Gasteiger charge is 2.39. The number of ether oxygens (including phenoxy) is 1. The molecule has 3 heterocycles. The Balaban J connectivity index is 1.63. The average Bonchev–Trinajstić information content (AvgIpc) is 2.91. The fraction of sp³-hybridized carbons (Fsp3) is 0.105. The molecule has 1 unspecified atom stereocenters. The molecule has 2 aromatic carbocycles. The summed E-state index contributed by atoms with van der Waals surface area (Å²) >= 11 is 0. The zero-order valence-electron chi connectivity index (χ0n) is 12.2. The van der Waals surface area contributed by atoms with Crippen LogP contribution in [0.25, 0.3) is 17.0 Å². The lowest BCUT2D eigenvalue weighted by Crippen LogP contribution is -2.41. The van der Waals surface area contributed by atoms with Crippen LogP contribution < -0.4 is 15.7 Å². The van der Waals surface area contributed by atoms with Crippen LogP contribution in [0.2, 0.25) is 0 Å². The van der Waals surface area contributed by atoms with Crippen LogP contribution >= 0.6 is 0 Å². The highest BCUT2D eigenvalue weighted by molar-refractivity contribution is 5.89. The van der Waals surface area contributed by atoms with Crippen molar-refractivity contribution in [1.82, 2.24) is 0 Å². The van der Waals surface area contributed by atoms with E-state index in [-0.39, 0.29) is 5.63 Å². The lowest BCUT2D eigenvalue weighted by Gasteiger charge is -2.31. The third-order valence-electron chi connectivity index (χ3n) is 4.42. The number of fused-ring (bicyclic) bond motifs is 4. The minimum Gasteiger partial charge on any atom is -0.463 e. The summed E-state index contributed by atoms with van der Waals surface area (Å²) in [6.45, 7) is 0. The van der Waals surface area contributed by atoms with Crippen molar-refractivity contribution in [3.8, 4) is 5.75 Å². The molecule has 23 heavy (non-hydrogen) atoms. The van der Waals surface area contributed by atoms with Gasteiger partial charge < -0.3 is 14.5 Å². The number of anilines is 1. The Morgan fingerprint density at radius 2 is 1.91 bits per heavy atom. The van der Waals surface area contributed by atoms with Gasteiger partial charge in [0, 0.05) is 23.6 Å². The quantitative estimate of drug-likeness (QED) is 0.645. The number of hydrogen-bond acceptors (Lipinski definition) is 4. The topological polar surface area (TPSA) is 51.5 Å². The molecule has 4 nitrogen and oxygen atoms in total. The fourth-order valence-corrected chi connectivity index (χ4v) is 3.34. The van der Waals surface area contributed by atoms with E-state index in [2.05, 4.69) is 17.4 Å². The molecule has 1 aromatic heterocycles. The molecule has 0 radical (unpaired) electrons. The second-order valence-corrected chi connectivity index (χ2v) is 5.93. The summed E-state index contributed by atoms with van der Waals surface area (Å²) in [6, 6.07) is 15.2. The number of nitrogens with one attached hydrogen (secondary N) is 1. The normalized spacial score (nSPS) is 20.9. The van der Waals surface area contributed by atoms with Crippen LogP contribution in [0, 0.1) is 0 Å². The molecule has 2 aliphatic heterocycles. The first-order valence-corrected chi connectivity index (χ1v) is 7.54. The molecule has 112 valence electrons. The molecule has 0 saturated carbocycles. The van der Waals surface area contributed by atoms with E-state index in [0.717, 1.165) is 28.8 Å². The van der Waals surface area contributed by atoms with Crippen molar-refractivity contribution in [2.45, 2.75) is 12.1 Å². The van der Waals surface area contributed by atoms with Crippen molar-refractivity contribution in [1.29, 1.82) is 0 Å². The molecule has 5 rings (SSSR count). The Hall–Kier alpha value is -3.01. The second kappa shape index (κ2) is 4.26. The van der Waals surface area contributed by atoms with Gasteiger partial charge >= 0.3 is 5.63 Å². The Morgan fingerprint density at radius 1 is 1.04 bits per heavy atom. The van der Waals surface area contributed by atoms with Gasteiger partial charge in [0.2, 0.25) is 5.72 Å². The number of hydrogen-bond donors (Lipinski definition) is 1. The van der Waals surface area contributed by atoms with E-state index in [9.17, 15) is 4.79 Å². The zero-order chi connectivity index (χ0) is 15.4. The average molecular weight is 303 g/mol. The highest BCUT2D eigenvalue weighted by Crippen LogP contribution is 2.41. The standard InChI is InChI=1S/C19H13NO3/c21-17-8-6-12-5-7-16-14(18(12)22-17)9-10-19(23-16)11-13-3-1-2-4-15(13)20-19/h1-10,20H,11H2. The van der Waals surface area contributed by atoms with Crippen molar-refractivity contribution in [2.24, 2.45) is 0 Å². The van der Waals surface area contributed by atoms with Crippen LogP contribution in [0.3, 0.4) is 0 Å². The van der Waals surface area contributed by atoms with Crippen LogP contribution in [0.4, 0.5) is 5.69 Å². The smallest absolute Gasteiger partial charge is 0.336 e. The third kappa shape index (κ3) is 1.81. The van der Waals surface area contributed by atoms with Crippen molar-refractivity contribution in [3.05, 3.63) is 76.2 Å². The fourth-order valence-electron chi connectivity index (χ4n) is 3.34. The van der Waals surface area contributed by atoms with E-state index in [0.29, 0.717) is 5.58 Å². The minimum atomic E-state index is -0.570. The van der Waals surface area contributed by atoms with Crippen molar-refractivity contribution < 1.29 is 9.15 Å². The second-order valence-electron chi connectivity index (χ2n) is 5.93. The predicted octanol–water partition coefficient (Wildman–Crippen LogP) is 3.56. The molecule has 4 heteroatoms. The molecule has 0 fully saturated rings. The summed E-state index contributed by atoms with van der Waals surface area (Å²) in [7, 11) is 0. The molecule has 2 aliphatic rings. The molecule has 1 spiro atoms. The summed E-state index contributed by atoms with van der Waals surface area (Å²) in [4.78, 5) is 11.5. The van der Waals surface area contributed by atoms with E-state index in [1.807, 2.05) is 36.4 Å². The van der Waals surface area contributed by atoms with Crippen molar-refractivity contribution >= 4 is 22.7 Å². The van der Waals surface area contributed by atoms with Gasteiger partial charge in [-0.05, 0) is 42.0 Å². The lowest BCUT2D eigenvalue weighted by atomic mass is 10.0. The van der Waals surface area contributed by atoms with E-state index in [1.54, 1.807) is 6.07 Å². The van der Waals surface area contributed by atoms with E-state index in [1.165, 1.54) is 11.6 Å². The van der Waals surface area contributed by atoms with E-state index in [4.69, 9.17) is 9.15 Å². The highest BCUT2D eigenvalue weighted by atomic mass is 16.5. The molecule has 3 aromatic rings. The Morgan fingerprint density at radius 3 is 2.83 bits per heavy atom. The predicted molar refractivity (Wildman–Crippen MR) is 88.6 cm³/mol. The first kappa shape index (κ1) is 12.5. The summed E-state index contributed by atoms with van der Waals surface area (Å²) in [5.74, 6) is 0.717. The first-order chi connectivity index (χ1) is 11.2. The first-order valence-electron chi connectivity index (χ1n) is 7.54. The Bertz CT molecular complexity index is 1010. The van der Waals surface area contributed by atoms with Gasteiger partial charge in [-0.15, -0.1) is 0 Å². The maximum absolute atomic E-state index is 11.5. The molecular formula is C19H13NO3. The van der Waals surface area contributed by atoms with Crippen LogP contribution in [0.1, 0.15) is 11.1 Å². The minimum absolute atomic E-state index is 0.356. The summed E-state index contributed by atoms with van der Waals surface area (Å²) < 4.78 is 11.6. The van der Waals surface area contributed by atoms with Gasteiger partial charge in [0.25, 0.3) is 0 Å². The van der Waals surface area contributed by atoms with Crippen molar-refractivity contribution in [2.75, 3.05) is 5.32 Å². The zero-order valence-corrected chi connectivity index (χ0v) is 12.2. The van der Waals surface area contributed by atoms with Crippen LogP contribution in [0.5, 0.6) is 5.75 Å². The Labute approximate surface area is 132 Å². The van der Waals surface area contributed by atoms with Crippen molar-refractivity contribution in [3.63, 3.8) is 0 Å². The SMILES string of the molecule is O=c1ccc2ccc3c(c2o1)C=CC1(Cc2ccccc2N1)O3. The number of rotatable bonds is 0. The van der Waals surface area contributed by atoms with E-state index < -0.39 is 5.72 Å². The maximum Gasteiger partial charge on any atom is 0.336 e. The van der Waals surface area contributed by atoms with Gasteiger partial charge in [0.05, 0.1) is 5.56 Å². The molecule has 0 bridgehead atoms. The number of para-hydroxylation sites is 1. The summed E-state index contributed by atoms with van der Waals surface area (Å²) in [6.07, 6.45) is 4.74. The molecule has 1 N–H and O–H groups in total.